The summed E-state index contributed by atoms with van der Waals surface area (Å²) >= 11 is 0. The van der Waals surface area contributed by atoms with E-state index in [1.54, 1.807) is 0 Å². The van der Waals surface area contributed by atoms with Gasteiger partial charge in [-0.15, -0.1) is 4.31 Å². The minimum absolute atomic E-state index is 0.237. The van der Waals surface area contributed by atoms with E-state index in [1.807, 2.05) is 0 Å². The second-order valence-corrected chi connectivity index (χ2v) is 3.84. The first-order chi connectivity index (χ1) is 4.70. The van der Waals surface area contributed by atoms with Gasteiger partial charge in [0.1, 0.15) is 0 Å². The Morgan fingerprint density at radius 3 is 2.90 bits per heavy atom. The first kappa shape index (κ1) is 6.53. The molecular formula is C4H8N2O3S. The molecule has 1 N–H and O–H groups in total. The number of fused-ring (bicyclic) bond motifs is 1. The lowest BCUT2D eigenvalue weighted by Crippen LogP contribution is -2.63. The van der Waals surface area contributed by atoms with Crippen molar-refractivity contribution < 1.29 is 12.6 Å². The number of nitrogens with zero attached hydrogens (tertiary/aromatic N) is 1. The number of nitrogens with one attached hydrogen (secondary N) is 1. The third-order valence-electron chi connectivity index (χ3n) is 1.67. The van der Waals surface area contributed by atoms with Crippen LogP contribution in [-0.2, 0) is 14.5 Å². The quantitative estimate of drug-likeness (QED) is 0.473. The van der Waals surface area contributed by atoms with Crippen molar-refractivity contribution in [2.24, 2.45) is 0 Å². The molecule has 2 fully saturated rings. The highest BCUT2D eigenvalue weighted by atomic mass is 32.2. The van der Waals surface area contributed by atoms with Crippen LogP contribution in [0.3, 0.4) is 0 Å². The third-order valence-corrected chi connectivity index (χ3v) is 3.13. The average molecular weight is 164 g/mol. The van der Waals surface area contributed by atoms with Gasteiger partial charge in [0.15, 0.2) is 6.23 Å². The zero-order valence-corrected chi connectivity index (χ0v) is 6.10. The predicted octanol–water partition coefficient (Wildman–Crippen LogP) is -1.51. The van der Waals surface area contributed by atoms with Crippen molar-refractivity contribution in [1.82, 2.24) is 9.62 Å². The van der Waals surface area contributed by atoms with Gasteiger partial charge in [0.25, 0.3) is 0 Å². The van der Waals surface area contributed by atoms with E-state index in [0.29, 0.717) is 13.1 Å². The highest BCUT2D eigenvalue weighted by molar-refractivity contribution is 7.85. The van der Waals surface area contributed by atoms with Crippen molar-refractivity contribution in [3.8, 4) is 0 Å². The summed E-state index contributed by atoms with van der Waals surface area (Å²) in [5.74, 6) is 0. The molecule has 0 aliphatic carbocycles. The third kappa shape index (κ3) is 0.766. The van der Waals surface area contributed by atoms with Crippen molar-refractivity contribution >= 4 is 10.3 Å². The van der Waals surface area contributed by atoms with Gasteiger partial charge in [-0.2, -0.15) is 8.42 Å². The number of hydrogen-bond donors (Lipinski definition) is 1. The first-order valence-corrected chi connectivity index (χ1v) is 4.47. The van der Waals surface area contributed by atoms with Gasteiger partial charge in [-0.3, -0.25) is 0 Å². The van der Waals surface area contributed by atoms with Crippen LogP contribution in [0.5, 0.6) is 0 Å². The zero-order valence-electron chi connectivity index (χ0n) is 5.28. The zero-order chi connectivity index (χ0) is 7.19. The van der Waals surface area contributed by atoms with E-state index in [-0.39, 0.29) is 6.23 Å². The molecular weight excluding hydrogens is 156 g/mol. The van der Waals surface area contributed by atoms with Crippen molar-refractivity contribution in [1.29, 1.82) is 0 Å². The van der Waals surface area contributed by atoms with E-state index >= 15 is 0 Å². The fraction of sp³-hybridized carbons (Fsp3) is 1.00. The van der Waals surface area contributed by atoms with Crippen molar-refractivity contribution in [2.75, 3.05) is 19.6 Å². The van der Waals surface area contributed by atoms with Gasteiger partial charge >= 0.3 is 10.3 Å². The molecule has 0 amide bonds. The molecule has 2 heterocycles. The summed E-state index contributed by atoms with van der Waals surface area (Å²) < 4.78 is 27.4. The molecule has 58 valence electrons. The van der Waals surface area contributed by atoms with E-state index in [9.17, 15) is 8.42 Å². The van der Waals surface area contributed by atoms with Crippen molar-refractivity contribution in [3.05, 3.63) is 0 Å². The highest BCUT2D eigenvalue weighted by Gasteiger charge is 2.45. The van der Waals surface area contributed by atoms with Crippen LogP contribution < -0.4 is 5.32 Å². The molecule has 5 nitrogen and oxygen atoms in total. The van der Waals surface area contributed by atoms with Crippen LogP contribution in [0.1, 0.15) is 0 Å². The second-order valence-electron chi connectivity index (χ2n) is 2.32. The Balaban J connectivity index is 2.15. The molecule has 0 saturated carbocycles. The monoisotopic (exact) mass is 164 g/mol. The molecule has 1 unspecified atom stereocenters. The largest absolute Gasteiger partial charge is 0.342 e. The van der Waals surface area contributed by atoms with Gasteiger partial charge in [0.2, 0.25) is 0 Å². The average Bonchev–Trinajstić information content (AvgIpc) is 1.86. The van der Waals surface area contributed by atoms with E-state index in [4.69, 9.17) is 0 Å². The summed E-state index contributed by atoms with van der Waals surface area (Å²) in [7, 11) is -3.29. The van der Waals surface area contributed by atoms with Crippen molar-refractivity contribution in [2.45, 2.75) is 6.23 Å². The molecule has 0 radical (unpaired) electrons. The lowest BCUT2D eigenvalue weighted by atomic mass is 10.4. The molecule has 0 bridgehead atoms. The Kier molecular flexibility index (Phi) is 1.25. The van der Waals surface area contributed by atoms with Crippen LogP contribution in [0.2, 0.25) is 0 Å². The number of rotatable bonds is 0. The molecule has 0 aromatic rings. The smallest absolute Gasteiger partial charge is 0.311 e. The van der Waals surface area contributed by atoms with Gasteiger partial charge in [-0.1, -0.05) is 0 Å². The maximum Gasteiger partial charge on any atom is 0.342 e. The Labute approximate surface area is 59.2 Å². The summed E-state index contributed by atoms with van der Waals surface area (Å²) in [4.78, 5) is 0. The second kappa shape index (κ2) is 1.91. The van der Waals surface area contributed by atoms with E-state index in [2.05, 4.69) is 9.50 Å². The topological polar surface area (TPSA) is 58.6 Å². The molecule has 0 aromatic heterocycles. The van der Waals surface area contributed by atoms with Crippen LogP contribution in [0, 0.1) is 0 Å². The summed E-state index contributed by atoms with van der Waals surface area (Å²) in [5.41, 5.74) is 0. The van der Waals surface area contributed by atoms with Gasteiger partial charge in [0, 0.05) is 19.6 Å². The molecule has 2 aliphatic rings. The summed E-state index contributed by atoms with van der Waals surface area (Å²) in [6.45, 7) is 1.87. The van der Waals surface area contributed by atoms with E-state index in [1.165, 1.54) is 4.31 Å². The fourth-order valence-electron chi connectivity index (χ4n) is 1.16. The van der Waals surface area contributed by atoms with Crippen LogP contribution >= 0.6 is 0 Å². The molecule has 1 atom stereocenters. The lowest BCUT2D eigenvalue weighted by molar-refractivity contribution is -0.00713. The number of hydrogen-bond acceptors (Lipinski definition) is 4. The van der Waals surface area contributed by atoms with Gasteiger partial charge < -0.3 is 5.32 Å². The van der Waals surface area contributed by atoms with E-state index in [0.717, 1.165) is 6.54 Å². The molecule has 6 heteroatoms. The molecule has 2 saturated heterocycles. The summed E-state index contributed by atoms with van der Waals surface area (Å²) in [5, 5.41) is 3.02. The minimum atomic E-state index is -3.29. The highest BCUT2D eigenvalue weighted by Crippen LogP contribution is 2.24. The Bertz CT molecular complexity index is 237. The number of piperazine rings is 1. The maximum absolute atomic E-state index is 10.7. The normalized spacial score (nSPS) is 38.2. The van der Waals surface area contributed by atoms with Gasteiger partial charge in [0.05, 0.1) is 0 Å². The first-order valence-electron chi connectivity index (χ1n) is 3.11. The molecule has 0 aromatic carbocycles. The Hall–Kier alpha value is -0.170. The molecule has 0 spiro atoms. The Morgan fingerprint density at radius 2 is 2.40 bits per heavy atom. The van der Waals surface area contributed by atoms with Crippen LogP contribution in [-0.4, -0.2) is 38.6 Å². The Morgan fingerprint density at radius 1 is 1.60 bits per heavy atom. The van der Waals surface area contributed by atoms with Crippen LogP contribution in [0.15, 0.2) is 0 Å². The van der Waals surface area contributed by atoms with Gasteiger partial charge in [-0.25, -0.2) is 4.18 Å². The van der Waals surface area contributed by atoms with Crippen molar-refractivity contribution in [3.63, 3.8) is 0 Å². The van der Waals surface area contributed by atoms with Crippen LogP contribution in [0.4, 0.5) is 0 Å². The minimum Gasteiger partial charge on any atom is -0.311 e. The summed E-state index contributed by atoms with van der Waals surface area (Å²) in [6.07, 6.45) is -0.237. The molecule has 2 rings (SSSR count). The lowest BCUT2D eigenvalue weighted by Gasteiger charge is -2.41. The predicted molar refractivity (Wildman–Crippen MR) is 33.4 cm³/mol. The SMILES string of the molecule is O=S1(=O)OC2CNCCN21. The molecule has 2 aliphatic heterocycles. The van der Waals surface area contributed by atoms with E-state index < -0.39 is 10.3 Å². The maximum atomic E-state index is 10.7. The summed E-state index contributed by atoms with van der Waals surface area (Å²) in [6, 6.07) is 0. The van der Waals surface area contributed by atoms with Gasteiger partial charge in [-0.05, 0) is 0 Å². The molecule has 10 heavy (non-hydrogen) atoms. The fourth-order valence-corrected chi connectivity index (χ4v) is 2.32. The standard InChI is InChI=1S/C4H8N2O3S/c7-10(8)6-2-1-5-3-4(6)9-10/h4-5H,1-3H2. The van der Waals surface area contributed by atoms with Crippen LogP contribution in [0.25, 0.3) is 0 Å².